The number of nitrogens with one attached hydrogen (secondary N) is 2. The number of methoxy groups -OCH3 is 1. The zero-order chi connectivity index (χ0) is 7.56. The van der Waals surface area contributed by atoms with Crippen molar-refractivity contribution in [3.8, 4) is 0 Å². The maximum Gasteiger partial charge on any atom is 0.355 e. The van der Waals surface area contributed by atoms with Gasteiger partial charge >= 0.3 is 5.97 Å². The minimum atomic E-state index is -0.811. The van der Waals surface area contributed by atoms with Gasteiger partial charge in [0.25, 0.3) is 0 Å². The monoisotopic (exact) mass is 144 g/mol. The van der Waals surface area contributed by atoms with Crippen LogP contribution in [0.25, 0.3) is 0 Å². The van der Waals surface area contributed by atoms with Gasteiger partial charge in [-0.15, -0.1) is 0 Å². The quantitative estimate of drug-likeness (QED) is 0.389. The molecular formula is C5H8N2O3. The van der Waals surface area contributed by atoms with Crippen LogP contribution in [-0.2, 0) is 9.53 Å². The molecule has 0 radical (unpaired) electrons. The highest BCUT2D eigenvalue weighted by atomic mass is 16.5. The first-order valence-corrected chi connectivity index (χ1v) is 2.74. The molecule has 0 aromatic rings. The molecule has 10 heavy (non-hydrogen) atoms. The minimum absolute atomic E-state index is 0.231. The molecule has 1 aliphatic heterocycles. The van der Waals surface area contributed by atoms with Crippen molar-refractivity contribution < 1.29 is 14.6 Å². The van der Waals surface area contributed by atoms with E-state index in [-0.39, 0.29) is 5.70 Å². The van der Waals surface area contributed by atoms with Crippen molar-refractivity contribution in [1.82, 2.24) is 10.9 Å². The van der Waals surface area contributed by atoms with E-state index in [0.29, 0.717) is 0 Å². The molecule has 56 valence electrons. The lowest BCUT2D eigenvalue weighted by Gasteiger charge is -2.00. The van der Waals surface area contributed by atoms with Crippen molar-refractivity contribution in [2.24, 2.45) is 0 Å². The lowest BCUT2D eigenvalue weighted by molar-refractivity contribution is -0.136. The van der Waals surface area contributed by atoms with E-state index in [1.165, 1.54) is 13.2 Å². The molecule has 3 N–H and O–H groups in total. The highest BCUT2D eigenvalue weighted by molar-refractivity contribution is 5.88. The van der Waals surface area contributed by atoms with Gasteiger partial charge in [0.1, 0.15) is 11.9 Å². The Morgan fingerprint density at radius 1 is 1.90 bits per heavy atom. The highest BCUT2D eigenvalue weighted by Crippen LogP contribution is 1.98. The van der Waals surface area contributed by atoms with Crippen LogP contribution < -0.4 is 10.9 Å². The van der Waals surface area contributed by atoms with Crippen LogP contribution in [0.2, 0.25) is 0 Å². The number of carbonyl (C=O) groups is 1. The van der Waals surface area contributed by atoms with E-state index in [1.807, 2.05) is 0 Å². The van der Waals surface area contributed by atoms with Crippen LogP contribution in [0, 0.1) is 0 Å². The van der Waals surface area contributed by atoms with Gasteiger partial charge in [-0.25, -0.2) is 10.2 Å². The Labute approximate surface area is 57.6 Å². The molecule has 0 amide bonds. The number of ether oxygens (including phenoxy) is 1. The third kappa shape index (κ3) is 1.26. The molecular weight excluding hydrogens is 136 g/mol. The molecule has 1 heterocycles. The van der Waals surface area contributed by atoms with Gasteiger partial charge in [-0.05, 0) is 6.08 Å². The molecule has 1 rings (SSSR count). The van der Waals surface area contributed by atoms with Crippen molar-refractivity contribution in [2.75, 3.05) is 7.11 Å². The lowest BCUT2D eigenvalue weighted by atomic mass is 10.4. The number of hydrogen-bond donors (Lipinski definition) is 3. The van der Waals surface area contributed by atoms with E-state index >= 15 is 0 Å². The average molecular weight is 144 g/mol. The molecule has 5 nitrogen and oxygen atoms in total. The van der Waals surface area contributed by atoms with Crippen LogP contribution in [-0.4, -0.2) is 24.4 Å². The molecule has 0 aliphatic carbocycles. The summed E-state index contributed by atoms with van der Waals surface area (Å²) < 4.78 is 4.36. The van der Waals surface area contributed by atoms with E-state index in [9.17, 15) is 4.79 Å². The predicted molar refractivity (Wildman–Crippen MR) is 32.4 cm³/mol. The smallest absolute Gasteiger partial charge is 0.355 e. The minimum Gasteiger partial charge on any atom is -0.464 e. The molecule has 0 aromatic carbocycles. The van der Waals surface area contributed by atoms with E-state index < -0.39 is 12.2 Å². The Morgan fingerprint density at radius 3 is 3.00 bits per heavy atom. The first kappa shape index (κ1) is 7.04. The number of hydrazine groups is 1. The van der Waals surface area contributed by atoms with Gasteiger partial charge in [-0.2, -0.15) is 0 Å². The van der Waals surface area contributed by atoms with E-state index in [4.69, 9.17) is 5.11 Å². The molecule has 0 aromatic heterocycles. The fourth-order valence-electron chi connectivity index (χ4n) is 0.622. The molecule has 0 saturated carbocycles. The standard InChI is InChI=1S/C5H8N2O3/c1-10-5(9)3-2-4(8)7-6-3/h2,4,6-8H,1H3. The Morgan fingerprint density at radius 2 is 2.60 bits per heavy atom. The Kier molecular flexibility index (Phi) is 1.88. The second-order valence-electron chi connectivity index (χ2n) is 1.79. The Bertz CT molecular complexity index is 178. The number of hydrogen-bond acceptors (Lipinski definition) is 5. The summed E-state index contributed by atoms with van der Waals surface area (Å²) in [5.74, 6) is -0.496. The van der Waals surface area contributed by atoms with Crippen LogP contribution in [0.15, 0.2) is 11.8 Å². The third-order valence-corrected chi connectivity index (χ3v) is 1.08. The summed E-state index contributed by atoms with van der Waals surface area (Å²) in [5, 5.41) is 8.79. The molecule has 1 aliphatic rings. The second-order valence-corrected chi connectivity index (χ2v) is 1.79. The van der Waals surface area contributed by atoms with Gasteiger partial charge in [-0.3, -0.25) is 0 Å². The fourth-order valence-corrected chi connectivity index (χ4v) is 0.622. The lowest BCUT2D eigenvalue weighted by Crippen LogP contribution is -2.33. The number of aliphatic hydroxyl groups excluding tert-OH is 1. The molecule has 0 bridgehead atoms. The van der Waals surface area contributed by atoms with Crippen LogP contribution in [0.3, 0.4) is 0 Å². The molecule has 0 saturated heterocycles. The highest BCUT2D eigenvalue weighted by Gasteiger charge is 2.17. The number of carbonyl (C=O) groups excluding carboxylic acids is 1. The SMILES string of the molecule is COC(=O)C1=CC(O)NN1. The largest absolute Gasteiger partial charge is 0.464 e. The van der Waals surface area contributed by atoms with Gasteiger partial charge < -0.3 is 15.3 Å². The maximum absolute atomic E-state index is 10.7. The van der Waals surface area contributed by atoms with Gasteiger partial charge in [0.15, 0.2) is 0 Å². The van der Waals surface area contributed by atoms with Crippen molar-refractivity contribution in [3.63, 3.8) is 0 Å². The molecule has 0 fully saturated rings. The average Bonchev–Trinajstić information content (AvgIpc) is 2.34. The first-order chi connectivity index (χ1) is 4.74. The number of rotatable bonds is 1. The molecule has 5 heteroatoms. The van der Waals surface area contributed by atoms with E-state index in [1.54, 1.807) is 0 Å². The number of aliphatic hydroxyl groups is 1. The van der Waals surface area contributed by atoms with Crippen molar-refractivity contribution in [1.29, 1.82) is 0 Å². The zero-order valence-electron chi connectivity index (χ0n) is 5.42. The topological polar surface area (TPSA) is 70.6 Å². The van der Waals surface area contributed by atoms with Crippen molar-refractivity contribution in [2.45, 2.75) is 6.23 Å². The third-order valence-electron chi connectivity index (χ3n) is 1.08. The molecule has 0 spiro atoms. The Hall–Kier alpha value is -1.07. The summed E-state index contributed by atoms with van der Waals surface area (Å²) >= 11 is 0. The summed E-state index contributed by atoms with van der Waals surface area (Å²) in [6, 6.07) is 0. The second kappa shape index (κ2) is 2.68. The van der Waals surface area contributed by atoms with Crippen molar-refractivity contribution in [3.05, 3.63) is 11.8 Å². The fraction of sp³-hybridized carbons (Fsp3) is 0.400. The van der Waals surface area contributed by atoms with Gasteiger partial charge in [0.05, 0.1) is 7.11 Å². The summed E-state index contributed by atoms with van der Waals surface area (Å²) in [5.41, 5.74) is 5.07. The summed E-state index contributed by atoms with van der Waals surface area (Å²) in [6.45, 7) is 0. The van der Waals surface area contributed by atoms with Crippen LogP contribution in [0.5, 0.6) is 0 Å². The normalized spacial score (nSPS) is 23.4. The van der Waals surface area contributed by atoms with Gasteiger partial charge in [0.2, 0.25) is 0 Å². The first-order valence-electron chi connectivity index (χ1n) is 2.74. The van der Waals surface area contributed by atoms with Crippen LogP contribution >= 0.6 is 0 Å². The number of esters is 1. The van der Waals surface area contributed by atoms with E-state index in [0.717, 1.165) is 0 Å². The molecule has 1 atom stereocenters. The van der Waals surface area contributed by atoms with Crippen LogP contribution in [0.1, 0.15) is 0 Å². The summed E-state index contributed by atoms with van der Waals surface area (Å²) in [7, 11) is 1.27. The Balaban J connectivity index is 2.57. The maximum atomic E-state index is 10.7. The molecule has 1 unspecified atom stereocenters. The predicted octanol–water partition coefficient (Wildman–Crippen LogP) is -1.53. The summed E-state index contributed by atoms with van der Waals surface area (Å²) in [6.07, 6.45) is 0.514. The zero-order valence-corrected chi connectivity index (χ0v) is 5.42. The van der Waals surface area contributed by atoms with Crippen LogP contribution in [0.4, 0.5) is 0 Å². The van der Waals surface area contributed by atoms with Crippen molar-refractivity contribution >= 4 is 5.97 Å². The van der Waals surface area contributed by atoms with E-state index in [2.05, 4.69) is 15.6 Å². The summed E-state index contributed by atoms with van der Waals surface area (Å²) in [4.78, 5) is 10.7. The van der Waals surface area contributed by atoms with Gasteiger partial charge in [0, 0.05) is 0 Å². The van der Waals surface area contributed by atoms with Gasteiger partial charge in [-0.1, -0.05) is 0 Å².